The molecule has 9 nitrogen and oxygen atoms in total. The summed E-state index contributed by atoms with van der Waals surface area (Å²) in [6.07, 6.45) is -3.08. The van der Waals surface area contributed by atoms with E-state index in [2.05, 4.69) is 20.6 Å². The van der Waals surface area contributed by atoms with Crippen LogP contribution in [0.4, 0.5) is 30.6 Å². The van der Waals surface area contributed by atoms with Crippen LogP contribution in [0.25, 0.3) is 0 Å². The van der Waals surface area contributed by atoms with Crippen LogP contribution in [-0.2, 0) is 11.0 Å². The summed E-state index contributed by atoms with van der Waals surface area (Å²) in [5, 5.41) is 14.8. The first kappa shape index (κ1) is 24.7. The zero-order chi connectivity index (χ0) is 23.7. The molecule has 1 heterocycles. The predicted molar refractivity (Wildman–Crippen MR) is 113 cm³/mol. The van der Waals surface area contributed by atoms with E-state index in [1.54, 1.807) is 6.92 Å². The van der Waals surface area contributed by atoms with Crippen molar-refractivity contribution in [3.63, 3.8) is 0 Å². The number of rotatable bonds is 10. The highest BCUT2D eigenvalue weighted by Crippen LogP contribution is 2.31. The number of alkyl halides is 3. The summed E-state index contributed by atoms with van der Waals surface area (Å²) in [5.74, 6) is -1.06. The van der Waals surface area contributed by atoms with Crippen molar-refractivity contribution < 1.29 is 22.7 Å². The monoisotopic (exact) mass is 451 g/mol. The lowest BCUT2D eigenvalue weighted by Gasteiger charge is -2.20. The van der Waals surface area contributed by atoms with E-state index >= 15 is 0 Å². The van der Waals surface area contributed by atoms with E-state index < -0.39 is 23.7 Å². The molecule has 12 heteroatoms. The van der Waals surface area contributed by atoms with Crippen LogP contribution >= 0.6 is 0 Å². The normalized spacial score (nSPS) is 12.0. The van der Waals surface area contributed by atoms with E-state index in [9.17, 15) is 23.2 Å². The van der Waals surface area contributed by atoms with Gasteiger partial charge in [-0.2, -0.15) is 28.4 Å². The van der Waals surface area contributed by atoms with E-state index in [-0.39, 0.29) is 41.9 Å². The van der Waals surface area contributed by atoms with E-state index in [1.807, 2.05) is 6.07 Å². The Hall–Kier alpha value is -3.59. The Morgan fingerprint density at radius 3 is 2.69 bits per heavy atom. The molecule has 0 unspecified atom stereocenters. The molecular weight excluding hydrogens is 427 g/mol. The van der Waals surface area contributed by atoms with Gasteiger partial charge in [-0.3, -0.25) is 4.79 Å². The van der Waals surface area contributed by atoms with Crippen LogP contribution in [0.1, 0.15) is 37.3 Å². The van der Waals surface area contributed by atoms with Crippen LogP contribution in [-0.4, -0.2) is 35.1 Å². The third-order valence-corrected chi connectivity index (χ3v) is 4.32. The number of ether oxygens (including phenoxy) is 1. The molecule has 6 N–H and O–H groups in total. The van der Waals surface area contributed by atoms with Crippen molar-refractivity contribution in [2.75, 3.05) is 29.5 Å². The highest BCUT2D eigenvalue weighted by Gasteiger charge is 2.31. The first-order chi connectivity index (χ1) is 15.2. The van der Waals surface area contributed by atoms with Gasteiger partial charge >= 0.3 is 6.18 Å². The van der Waals surface area contributed by atoms with Crippen molar-refractivity contribution >= 4 is 23.4 Å². The van der Waals surface area contributed by atoms with Gasteiger partial charge < -0.3 is 26.8 Å². The third kappa shape index (κ3) is 6.71. The second-order valence-corrected chi connectivity index (χ2v) is 6.70. The number of benzene rings is 1. The molecule has 2 aromatic rings. The Morgan fingerprint density at radius 2 is 2.06 bits per heavy atom. The summed E-state index contributed by atoms with van der Waals surface area (Å²) in [7, 11) is 0. The van der Waals surface area contributed by atoms with Crippen molar-refractivity contribution in [1.29, 1.82) is 5.26 Å². The number of aromatic nitrogens is 2. The van der Waals surface area contributed by atoms with Gasteiger partial charge in [-0.15, -0.1) is 0 Å². The zero-order valence-corrected chi connectivity index (χ0v) is 17.4. The summed E-state index contributed by atoms with van der Waals surface area (Å²) in [5.41, 5.74) is 10.3. The summed E-state index contributed by atoms with van der Waals surface area (Å²) >= 11 is 0. The molecule has 1 atom stereocenters. The molecule has 32 heavy (non-hydrogen) atoms. The smallest absolute Gasteiger partial charge is 0.416 e. The van der Waals surface area contributed by atoms with Crippen LogP contribution in [0.15, 0.2) is 24.3 Å². The standard InChI is InChI=1S/C20H24F3N7O2/c1-2-32-18-14(11-25)16(29-19(26)30-18)28-17(31)15(8-3-4-9-24)27-13-7-5-6-12(10-13)20(21,22)23/h5-7,10,15,27H,2-4,8-9,24H2,1H3,(H3,26,28,29,30,31)/t15-/m1/s1. The highest BCUT2D eigenvalue weighted by atomic mass is 19.4. The first-order valence-electron chi connectivity index (χ1n) is 9.84. The number of nitrogens with two attached hydrogens (primary N) is 2. The number of hydrogen-bond acceptors (Lipinski definition) is 8. The molecular formula is C20H24F3N7O2. The van der Waals surface area contributed by atoms with E-state index in [1.165, 1.54) is 12.1 Å². The first-order valence-corrected chi connectivity index (χ1v) is 9.84. The highest BCUT2D eigenvalue weighted by molar-refractivity contribution is 5.97. The minimum atomic E-state index is -4.52. The van der Waals surface area contributed by atoms with Gasteiger partial charge in [-0.1, -0.05) is 6.07 Å². The van der Waals surface area contributed by atoms with Crippen LogP contribution in [0.3, 0.4) is 0 Å². The van der Waals surface area contributed by atoms with Gasteiger partial charge in [0.25, 0.3) is 0 Å². The molecule has 0 bridgehead atoms. The Bertz CT molecular complexity index is 977. The number of nitrogens with zero attached hydrogens (tertiary/aromatic N) is 3. The molecule has 1 amide bonds. The van der Waals surface area contributed by atoms with Crippen molar-refractivity contribution in [1.82, 2.24) is 9.97 Å². The number of unbranched alkanes of at least 4 members (excludes halogenated alkanes) is 1. The fourth-order valence-electron chi connectivity index (χ4n) is 2.84. The van der Waals surface area contributed by atoms with Gasteiger partial charge in [-0.05, 0) is 50.9 Å². The maximum atomic E-state index is 13.0. The number of hydrogen-bond donors (Lipinski definition) is 4. The van der Waals surface area contributed by atoms with Crippen LogP contribution in [0.2, 0.25) is 0 Å². The van der Waals surface area contributed by atoms with E-state index in [0.29, 0.717) is 19.4 Å². The SMILES string of the molecule is CCOc1nc(N)nc(NC(=O)[C@@H](CCCCN)Nc2cccc(C(F)(F)F)c2)c1C#N. The number of nitriles is 1. The van der Waals surface area contributed by atoms with Crippen molar-refractivity contribution in [2.24, 2.45) is 5.73 Å². The second kappa shape index (κ2) is 11.1. The summed E-state index contributed by atoms with van der Waals surface area (Å²) in [6, 6.07) is 5.46. The lowest BCUT2D eigenvalue weighted by Crippen LogP contribution is -2.35. The Balaban J connectivity index is 2.30. The number of nitrogens with one attached hydrogen (secondary N) is 2. The van der Waals surface area contributed by atoms with Gasteiger partial charge in [0.15, 0.2) is 11.4 Å². The molecule has 0 saturated carbocycles. The number of carbonyl (C=O) groups excluding carboxylic acids is 1. The molecule has 1 aromatic carbocycles. The molecule has 0 aliphatic carbocycles. The van der Waals surface area contributed by atoms with Gasteiger partial charge in [-0.25, -0.2) is 0 Å². The lowest BCUT2D eigenvalue weighted by atomic mass is 10.1. The number of halogens is 3. The summed E-state index contributed by atoms with van der Waals surface area (Å²) in [6.45, 7) is 2.29. The molecule has 0 fully saturated rings. The molecule has 0 saturated heterocycles. The number of nitrogen functional groups attached to an aromatic ring is 1. The third-order valence-electron chi connectivity index (χ3n) is 4.32. The second-order valence-electron chi connectivity index (χ2n) is 6.70. The minimum absolute atomic E-state index is 0.0803. The Morgan fingerprint density at radius 1 is 1.31 bits per heavy atom. The van der Waals surface area contributed by atoms with Crippen LogP contribution in [0.5, 0.6) is 5.88 Å². The fourth-order valence-corrected chi connectivity index (χ4v) is 2.84. The molecule has 0 radical (unpaired) electrons. The summed E-state index contributed by atoms with van der Waals surface area (Å²) in [4.78, 5) is 20.7. The number of anilines is 3. The molecule has 1 aromatic heterocycles. The maximum absolute atomic E-state index is 13.0. The fraction of sp³-hybridized carbons (Fsp3) is 0.400. The van der Waals surface area contributed by atoms with Gasteiger partial charge in [0.1, 0.15) is 12.1 Å². The number of amides is 1. The van der Waals surface area contributed by atoms with Gasteiger partial charge in [0.05, 0.1) is 12.2 Å². The van der Waals surface area contributed by atoms with Gasteiger partial charge in [0.2, 0.25) is 17.7 Å². The average molecular weight is 451 g/mol. The molecule has 0 aliphatic rings. The van der Waals surface area contributed by atoms with Crippen molar-refractivity contribution in [3.05, 3.63) is 35.4 Å². The summed E-state index contributed by atoms with van der Waals surface area (Å²) < 4.78 is 44.4. The predicted octanol–water partition coefficient (Wildman–Crippen LogP) is 2.90. The lowest BCUT2D eigenvalue weighted by molar-refractivity contribution is -0.137. The van der Waals surface area contributed by atoms with Gasteiger partial charge in [0, 0.05) is 5.69 Å². The van der Waals surface area contributed by atoms with Crippen molar-refractivity contribution in [3.8, 4) is 11.9 Å². The quantitative estimate of drug-likeness (QED) is 0.402. The number of carbonyl (C=O) groups is 1. The largest absolute Gasteiger partial charge is 0.477 e. The maximum Gasteiger partial charge on any atom is 0.416 e. The molecule has 0 aliphatic heterocycles. The van der Waals surface area contributed by atoms with Crippen LogP contribution < -0.4 is 26.8 Å². The molecule has 0 spiro atoms. The zero-order valence-electron chi connectivity index (χ0n) is 17.4. The minimum Gasteiger partial charge on any atom is -0.477 e. The Labute approximate surface area is 183 Å². The molecule has 2 rings (SSSR count). The van der Waals surface area contributed by atoms with E-state index in [0.717, 1.165) is 12.1 Å². The topological polar surface area (TPSA) is 152 Å². The van der Waals surface area contributed by atoms with E-state index in [4.69, 9.17) is 16.2 Å². The Kier molecular flexibility index (Phi) is 8.60. The van der Waals surface area contributed by atoms with Crippen molar-refractivity contribution in [2.45, 2.75) is 38.4 Å². The van der Waals surface area contributed by atoms with Crippen LogP contribution in [0, 0.1) is 11.3 Å². The molecule has 172 valence electrons. The average Bonchev–Trinajstić information content (AvgIpc) is 2.73.